The Morgan fingerprint density at radius 2 is 2.00 bits per heavy atom. The molecule has 1 N–H and O–H groups in total. The lowest BCUT2D eigenvalue weighted by Crippen LogP contribution is -2.40. The van der Waals surface area contributed by atoms with E-state index in [1.165, 1.54) is 5.56 Å². The summed E-state index contributed by atoms with van der Waals surface area (Å²) in [6.45, 7) is 2.84. The van der Waals surface area contributed by atoms with E-state index in [0.29, 0.717) is 11.5 Å². The van der Waals surface area contributed by atoms with Crippen LogP contribution in [0.3, 0.4) is 0 Å². The first-order chi connectivity index (χ1) is 7.66. The molecule has 0 bridgehead atoms. The van der Waals surface area contributed by atoms with E-state index in [-0.39, 0.29) is 5.91 Å². The minimum atomic E-state index is 0.0135. The lowest BCUT2D eigenvalue weighted by atomic mass is 10.2. The van der Waals surface area contributed by atoms with Gasteiger partial charge in [0, 0.05) is 18.7 Å². The van der Waals surface area contributed by atoms with E-state index >= 15 is 0 Å². The van der Waals surface area contributed by atoms with Crippen LogP contribution < -0.4 is 10.2 Å². The predicted octanol–water partition coefficient (Wildman–Crippen LogP) is 2.00. The number of amides is 1. The molecule has 1 fully saturated rings. The van der Waals surface area contributed by atoms with Crippen molar-refractivity contribution >= 4 is 28.9 Å². The molecule has 2 rings (SSSR count). The van der Waals surface area contributed by atoms with Crippen molar-refractivity contribution in [1.82, 2.24) is 5.32 Å². The van der Waals surface area contributed by atoms with Crippen LogP contribution in [0.5, 0.6) is 0 Å². The van der Waals surface area contributed by atoms with Gasteiger partial charge in [-0.05, 0) is 37.7 Å². The molecule has 0 radical (unpaired) electrons. The highest BCUT2D eigenvalue weighted by Gasteiger charge is 2.18. The molecule has 84 valence electrons. The van der Waals surface area contributed by atoms with Gasteiger partial charge in [-0.15, -0.1) is 0 Å². The summed E-state index contributed by atoms with van der Waals surface area (Å²) in [7, 11) is 0. The Kier molecular flexibility index (Phi) is 3.19. The monoisotopic (exact) mass is 234 g/mol. The second-order valence-corrected chi connectivity index (χ2v) is 4.33. The fraction of sp³-hybridized carbons (Fsp3) is 0.333. The third kappa shape index (κ3) is 2.39. The van der Waals surface area contributed by atoms with Gasteiger partial charge in [-0.3, -0.25) is 4.79 Å². The summed E-state index contributed by atoms with van der Waals surface area (Å²) in [5.74, 6) is 0.0135. The Morgan fingerprint density at radius 3 is 2.69 bits per heavy atom. The predicted molar refractivity (Wildman–Crippen MR) is 68.5 cm³/mol. The van der Waals surface area contributed by atoms with E-state index in [0.717, 1.165) is 18.7 Å². The van der Waals surface area contributed by atoms with E-state index in [2.05, 4.69) is 5.32 Å². The van der Waals surface area contributed by atoms with E-state index in [1.807, 2.05) is 36.1 Å². The van der Waals surface area contributed by atoms with Crippen LogP contribution in [0.2, 0.25) is 0 Å². The molecule has 0 atom stereocenters. The Morgan fingerprint density at radius 1 is 1.31 bits per heavy atom. The lowest BCUT2D eigenvalue weighted by molar-refractivity contribution is -0.119. The number of nitrogens with zero attached hydrogens (tertiary/aromatic N) is 1. The minimum absolute atomic E-state index is 0.0135. The molecule has 1 aromatic rings. The van der Waals surface area contributed by atoms with Crippen LogP contribution in [0, 0.1) is 6.92 Å². The summed E-state index contributed by atoms with van der Waals surface area (Å²) >= 11 is 5.20. The van der Waals surface area contributed by atoms with Crippen LogP contribution in [0.15, 0.2) is 24.3 Å². The van der Waals surface area contributed by atoms with Crippen molar-refractivity contribution in [1.29, 1.82) is 0 Å². The summed E-state index contributed by atoms with van der Waals surface area (Å²) < 4.78 is 0. The normalized spacial score (nSPS) is 16.9. The molecular formula is C12H14N2OS. The molecule has 0 unspecified atom stereocenters. The van der Waals surface area contributed by atoms with Crippen molar-refractivity contribution in [2.45, 2.75) is 19.8 Å². The minimum Gasteiger partial charge on any atom is -0.319 e. The van der Waals surface area contributed by atoms with Gasteiger partial charge in [0.15, 0.2) is 5.11 Å². The van der Waals surface area contributed by atoms with Gasteiger partial charge >= 0.3 is 0 Å². The van der Waals surface area contributed by atoms with Crippen LogP contribution >= 0.6 is 12.2 Å². The molecule has 16 heavy (non-hydrogen) atoms. The number of aryl methyl sites for hydroxylation is 1. The van der Waals surface area contributed by atoms with E-state index in [1.54, 1.807) is 0 Å². The van der Waals surface area contributed by atoms with Crippen molar-refractivity contribution in [3.05, 3.63) is 29.8 Å². The zero-order valence-corrected chi connectivity index (χ0v) is 10.0. The smallest absolute Gasteiger partial charge is 0.226 e. The number of hydrogen-bond donors (Lipinski definition) is 1. The summed E-state index contributed by atoms with van der Waals surface area (Å²) in [4.78, 5) is 13.3. The van der Waals surface area contributed by atoms with Crippen molar-refractivity contribution in [3.8, 4) is 0 Å². The Hall–Kier alpha value is -1.42. The number of benzene rings is 1. The Balaban J connectivity index is 2.22. The molecule has 4 heteroatoms. The Labute approximate surface area is 100 Å². The van der Waals surface area contributed by atoms with Crippen LogP contribution in [-0.2, 0) is 4.79 Å². The van der Waals surface area contributed by atoms with Gasteiger partial charge < -0.3 is 10.2 Å². The maximum atomic E-state index is 11.3. The number of nitrogens with one attached hydrogen (secondary N) is 1. The van der Waals surface area contributed by atoms with Crippen molar-refractivity contribution in [3.63, 3.8) is 0 Å². The second kappa shape index (κ2) is 4.61. The molecule has 1 aliphatic rings. The van der Waals surface area contributed by atoms with Gasteiger partial charge in [-0.2, -0.15) is 0 Å². The first kappa shape index (κ1) is 11.1. The molecule has 0 aromatic heterocycles. The SMILES string of the molecule is Cc1ccc(N2CCCC(=O)NC2=S)cc1. The van der Waals surface area contributed by atoms with Crippen LogP contribution in [0.25, 0.3) is 0 Å². The average Bonchev–Trinajstić information content (AvgIpc) is 2.41. The molecule has 3 nitrogen and oxygen atoms in total. The first-order valence-electron chi connectivity index (χ1n) is 5.35. The molecule has 1 aromatic carbocycles. The number of rotatable bonds is 1. The third-order valence-electron chi connectivity index (χ3n) is 2.62. The highest BCUT2D eigenvalue weighted by Crippen LogP contribution is 2.17. The van der Waals surface area contributed by atoms with E-state index < -0.39 is 0 Å². The van der Waals surface area contributed by atoms with Gasteiger partial charge in [-0.1, -0.05) is 17.7 Å². The number of carbonyl (C=O) groups excluding carboxylic acids is 1. The first-order valence-corrected chi connectivity index (χ1v) is 5.75. The summed E-state index contributed by atoms with van der Waals surface area (Å²) in [6, 6.07) is 8.15. The number of carbonyl (C=O) groups is 1. The largest absolute Gasteiger partial charge is 0.319 e. The van der Waals surface area contributed by atoms with Crippen molar-refractivity contribution in [2.75, 3.05) is 11.4 Å². The molecular weight excluding hydrogens is 220 g/mol. The van der Waals surface area contributed by atoms with Gasteiger partial charge in [0.05, 0.1) is 0 Å². The van der Waals surface area contributed by atoms with E-state index in [4.69, 9.17) is 12.2 Å². The third-order valence-corrected chi connectivity index (χ3v) is 2.95. The van der Waals surface area contributed by atoms with Crippen molar-refractivity contribution < 1.29 is 4.79 Å². The molecule has 1 amide bonds. The number of hydrogen-bond acceptors (Lipinski definition) is 2. The quantitative estimate of drug-likeness (QED) is 0.754. The summed E-state index contributed by atoms with van der Waals surface area (Å²) in [6.07, 6.45) is 1.38. The average molecular weight is 234 g/mol. The van der Waals surface area contributed by atoms with Gasteiger partial charge in [0.25, 0.3) is 0 Å². The topological polar surface area (TPSA) is 32.3 Å². The maximum absolute atomic E-state index is 11.3. The Bertz CT molecular complexity index is 414. The molecule has 0 spiro atoms. The van der Waals surface area contributed by atoms with Gasteiger partial charge in [-0.25, -0.2) is 0 Å². The fourth-order valence-electron chi connectivity index (χ4n) is 1.72. The summed E-state index contributed by atoms with van der Waals surface area (Å²) in [5.41, 5.74) is 2.26. The van der Waals surface area contributed by atoms with Crippen LogP contribution in [0.4, 0.5) is 5.69 Å². The van der Waals surface area contributed by atoms with Crippen LogP contribution in [0.1, 0.15) is 18.4 Å². The molecule has 1 saturated heterocycles. The highest BCUT2D eigenvalue weighted by atomic mass is 32.1. The fourth-order valence-corrected chi connectivity index (χ4v) is 2.03. The van der Waals surface area contributed by atoms with Gasteiger partial charge in [0.1, 0.15) is 0 Å². The molecule has 1 aliphatic heterocycles. The standard InChI is InChI=1S/C12H14N2OS/c1-9-4-6-10(7-5-9)14-8-2-3-11(15)13-12(14)16/h4-7H,2-3,8H2,1H3,(H,13,15,16). The van der Waals surface area contributed by atoms with Crippen LogP contribution in [-0.4, -0.2) is 17.6 Å². The van der Waals surface area contributed by atoms with Crippen molar-refractivity contribution in [2.24, 2.45) is 0 Å². The maximum Gasteiger partial charge on any atom is 0.226 e. The highest BCUT2D eigenvalue weighted by molar-refractivity contribution is 7.80. The number of thiocarbonyl (C=S) groups is 1. The molecule has 0 saturated carbocycles. The molecule has 0 aliphatic carbocycles. The van der Waals surface area contributed by atoms with E-state index in [9.17, 15) is 4.79 Å². The van der Waals surface area contributed by atoms with Gasteiger partial charge in [0.2, 0.25) is 5.91 Å². The number of anilines is 1. The zero-order valence-electron chi connectivity index (χ0n) is 9.19. The lowest BCUT2D eigenvalue weighted by Gasteiger charge is -2.22. The second-order valence-electron chi connectivity index (χ2n) is 3.94. The zero-order chi connectivity index (χ0) is 11.5. The summed E-state index contributed by atoms with van der Waals surface area (Å²) in [5, 5.41) is 3.23. The molecule has 1 heterocycles.